The lowest BCUT2D eigenvalue weighted by Crippen LogP contribution is -2.55. The van der Waals surface area contributed by atoms with Crippen molar-refractivity contribution >= 4 is 55.0 Å². The smallest absolute Gasteiger partial charge is 0.255 e. The van der Waals surface area contributed by atoms with Crippen LogP contribution in [-0.4, -0.2) is 61.7 Å². The van der Waals surface area contributed by atoms with Crippen molar-refractivity contribution in [1.29, 1.82) is 0 Å². The maximum atomic E-state index is 13.2. The molecule has 1 N–H and O–H groups in total. The van der Waals surface area contributed by atoms with Gasteiger partial charge in [-0.15, -0.1) is 0 Å². The summed E-state index contributed by atoms with van der Waals surface area (Å²) >= 11 is 6.92. The van der Waals surface area contributed by atoms with Gasteiger partial charge in [-0.05, 0) is 79.9 Å². The Hall–Kier alpha value is -2.72. The maximum absolute atomic E-state index is 13.2. The predicted molar refractivity (Wildman–Crippen MR) is 174 cm³/mol. The zero-order chi connectivity index (χ0) is 30.1. The number of nitrogens with zero attached hydrogens (tertiary/aromatic N) is 2. The summed E-state index contributed by atoms with van der Waals surface area (Å²) in [7, 11) is 0. The van der Waals surface area contributed by atoms with E-state index in [-0.39, 0.29) is 11.8 Å². The van der Waals surface area contributed by atoms with E-state index >= 15 is 0 Å². The van der Waals surface area contributed by atoms with Crippen LogP contribution < -0.4 is 15.0 Å². The van der Waals surface area contributed by atoms with Gasteiger partial charge < -0.3 is 19.7 Å². The Morgan fingerprint density at radius 3 is 2.26 bits per heavy atom. The van der Waals surface area contributed by atoms with Crippen LogP contribution in [0, 0.1) is 0 Å². The number of hydrogen-bond donors (Lipinski definition) is 1. The highest BCUT2D eigenvalue weighted by Gasteiger charge is 2.47. The summed E-state index contributed by atoms with van der Waals surface area (Å²) in [5, 5.41) is 3.06. The molecule has 2 amide bonds. The molecule has 7 nitrogen and oxygen atoms in total. The normalized spacial score (nSPS) is 20.1. The Morgan fingerprint density at radius 1 is 0.952 bits per heavy atom. The number of anilines is 2. The Kier molecular flexibility index (Phi) is 9.13. The van der Waals surface area contributed by atoms with Crippen LogP contribution in [0.25, 0.3) is 0 Å². The molecule has 42 heavy (non-hydrogen) atoms. The summed E-state index contributed by atoms with van der Waals surface area (Å²) < 4.78 is 13.1. The van der Waals surface area contributed by atoms with Crippen molar-refractivity contribution in [3.63, 3.8) is 0 Å². The van der Waals surface area contributed by atoms with Gasteiger partial charge in [-0.1, -0.05) is 50.9 Å². The molecule has 0 aliphatic carbocycles. The minimum Gasteiger partial charge on any atom is -0.492 e. The molecule has 2 heterocycles. The average Bonchev–Trinajstić information content (AvgIpc) is 2.93. The quantitative estimate of drug-likeness (QED) is 0.287. The summed E-state index contributed by atoms with van der Waals surface area (Å²) in [6.07, 6.45) is 0.708. The number of carbonyl (C=O) groups excluding carboxylic acids is 2. The van der Waals surface area contributed by atoms with Crippen molar-refractivity contribution in [2.45, 2.75) is 45.1 Å². The number of nitrogens with one attached hydrogen (secondary N) is 1. The van der Waals surface area contributed by atoms with Crippen LogP contribution in [-0.2, 0) is 14.9 Å². The molecule has 2 aliphatic rings. The molecule has 0 bridgehead atoms. The Balaban J connectivity index is 1.43. The second-order valence-electron chi connectivity index (χ2n) is 11.8. The van der Waals surface area contributed by atoms with Crippen LogP contribution in [0.4, 0.5) is 11.4 Å². The highest BCUT2D eigenvalue weighted by molar-refractivity contribution is 9.11. The first kappa shape index (κ1) is 30.7. The zero-order valence-electron chi connectivity index (χ0n) is 24.5. The fraction of sp³-hybridized carbons (Fsp3) is 0.394. The number of rotatable bonds is 7. The van der Waals surface area contributed by atoms with Crippen LogP contribution in [0.3, 0.4) is 0 Å². The van der Waals surface area contributed by atoms with E-state index in [2.05, 4.69) is 75.0 Å². The SMILES string of the molecule is CC(=O)N1c2ccc(NC(=O)c3cc(Br)cc(Br)c3)cc2C(C)(c2ccc(OCCN3CCOCC3)cc2)CC1(C)C. The maximum Gasteiger partial charge on any atom is 0.255 e. The van der Waals surface area contributed by atoms with E-state index in [4.69, 9.17) is 9.47 Å². The van der Waals surface area contributed by atoms with Gasteiger partial charge in [-0.2, -0.15) is 0 Å². The lowest BCUT2D eigenvalue weighted by atomic mass is 9.65. The van der Waals surface area contributed by atoms with Crippen LogP contribution in [0.5, 0.6) is 5.75 Å². The standard InChI is InChI=1S/C33H37Br2N3O4/c1-22(39)38-30-10-7-27(36-31(40)23-17-25(34)19-26(35)18-23)20-29(30)33(4,21-32(38,2)3)24-5-8-28(9-6-24)42-16-13-37-11-14-41-15-12-37/h5-10,17-20H,11-16,21H2,1-4H3,(H,36,40). The molecule has 1 atom stereocenters. The van der Waals surface area contributed by atoms with Gasteiger partial charge in [-0.25, -0.2) is 0 Å². The second kappa shape index (κ2) is 12.5. The number of fused-ring (bicyclic) bond motifs is 1. The average molecular weight is 699 g/mol. The summed E-state index contributed by atoms with van der Waals surface area (Å²) in [5.41, 5.74) is 3.34. The number of benzene rings is 3. The fourth-order valence-corrected chi connectivity index (χ4v) is 7.69. The monoisotopic (exact) mass is 697 g/mol. The van der Waals surface area contributed by atoms with Crippen LogP contribution in [0.1, 0.15) is 55.6 Å². The minimum atomic E-state index is -0.422. The number of ether oxygens (including phenoxy) is 2. The second-order valence-corrected chi connectivity index (χ2v) is 13.7. The van der Waals surface area contributed by atoms with Crippen molar-refractivity contribution in [2.24, 2.45) is 0 Å². The Labute approximate surface area is 264 Å². The van der Waals surface area contributed by atoms with Gasteiger partial charge in [0.15, 0.2) is 0 Å². The van der Waals surface area contributed by atoms with E-state index in [0.29, 0.717) is 24.3 Å². The lowest BCUT2D eigenvalue weighted by Gasteiger charge is -2.51. The van der Waals surface area contributed by atoms with Gasteiger partial charge in [0, 0.05) is 63.4 Å². The molecule has 0 radical (unpaired) electrons. The zero-order valence-corrected chi connectivity index (χ0v) is 27.7. The van der Waals surface area contributed by atoms with E-state index in [9.17, 15) is 9.59 Å². The molecule has 1 fully saturated rings. The van der Waals surface area contributed by atoms with E-state index in [0.717, 1.165) is 64.4 Å². The first-order valence-corrected chi connectivity index (χ1v) is 15.8. The minimum absolute atomic E-state index is 0.0110. The molecular formula is C33H37Br2N3O4. The highest BCUT2D eigenvalue weighted by atomic mass is 79.9. The van der Waals surface area contributed by atoms with Crippen LogP contribution in [0.15, 0.2) is 69.6 Å². The molecule has 222 valence electrons. The van der Waals surface area contributed by atoms with Crippen molar-refractivity contribution < 1.29 is 19.1 Å². The molecule has 5 rings (SSSR count). The van der Waals surface area contributed by atoms with E-state index in [1.165, 1.54) is 0 Å². The number of carbonyl (C=O) groups is 2. The number of amides is 2. The van der Waals surface area contributed by atoms with Gasteiger partial charge in [-0.3, -0.25) is 14.5 Å². The van der Waals surface area contributed by atoms with Crippen LogP contribution in [0.2, 0.25) is 0 Å². The molecule has 0 spiro atoms. The predicted octanol–water partition coefficient (Wildman–Crippen LogP) is 7.02. The summed E-state index contributed by atoms with van der Waals surface area (Å²) in [6, 6.07) is 19.6. The molecule has 2 aliphatic heterocycles. The van der Waals surface area contributed by atoms with Gasteiger partial charge in [0.05, 0.1) is 13.2 Å². The van der Waals surface area contributed by atoms with E-state index < -0.39 is 11.0 Å². The van der Waals surface area contributed by atoms with Gasteiger partial charge in [0.25, 0.3) is 5.91 Å². The summed E-state index contributed by atoms with van der Waals surface area (Å²) in [6.45, 7) is 13.0. The molecule has 0 saturated carbocycles. The van der Waals surface area contributed by atoms with Crippen molar-refractivity contribution in [3.8, 4) is 5.75 Å². The van der Waals surface area contributed by atoms with Crippen molar-refractivity contribution in [2.75, 3.05) is 49.7 Å². The molecule has 3 aromatic carbocycles. The van der Waals surface area contributed by atoms with Gasteiger partial charge >= 0.3 is 0 Å². The topological polar surface area (TPSA) is 71.1 Å². The Morgan fingerprint density at radius 2 is 1.62 bits per heavy atom. The van der Waals surface area contributed by atoms with Crippen molar-refractivity contribution in [1.82, 2.24) is 4.90 Å². The highest BCUT2D eigenvalue weighted by Crippen LogP contribution is 2.51. The lowest BCUT2D eigenvalue weighted by molar-refractivity contribution is -0.117. The van der Waals surface area contributed by atoms with Crippen molar-refractivity contribution in [3.05, 3.63) is 86.3 Å². The van der Waals surface area contributed by atoms with E-state index in [1.54, 1.807) is 19.1 Å². The van der Waals surface area contributed by atoms with Crippen LogP contribution >= 0.6 is 31.9 Å². The summed E-state index contributed by atoms with van der Waals surface area (Å²) in [4.78, 5) is 30.3. The van der Waals surface area contributed by atoms with E-state index in [1.807, 2.05) is 41.3 Å². The third kappa shape index (κ3) is 6.59. The number of halogens is 2. The molecule has 1 saturated heterocycles. The molecule has 3 aromatic rings. The number of hydrogen-bond acceptors (Lipinski definition) is 5. The molecule has 9 heteroatoms. The number of morpholine rings is 1. The Bertz CT molecular complexity index is 1450. The first-order valence-electron chi connectivity index (χ1n) is 14.2. The van der Waals surface area contributed by atoms with Gasteiger partial charge in [0.2, 0.25) is 5.91 Å². The summed E-state index contributed by atoms with van der Waals surface area (Å²) in [5.74, 6) is 0.609. The third-order valence-corrected chi connectivity index (χ3v) is 9.11. The molecule has 1 unspecified atom stereocenters. The molecule has 0 aromatic heterocycles. The largest absolute Gasteiger partial charge is 0.492 e. The molecular weight excluding hydrogens is 662 g/mol. The third-order valence-electron chi connectivity index (χ3n) is 8.19. The van der Waals surface area contributed by atoms with Gasteiger partial charge in [0.1, 0.15) is 12.4 Å². The first-order chi connectivity index (χ1) is 20.0. The fourth-order valence-electron chi connectivity index (χ4n) is 6.39.